The highest BCUT2D eigenvalue weighted by atomic mass is 35.5. The summed E-state index contributed by atoms with van der Waals surface area (Å²) in [6.07, 6.45) is 0.613. The van der Waals surface area contributed by atoms with Crippen LogP contribution in [0, 0.1) is 5.92 Å². The zero-order chi connectivity index (χ0) is 20.1. The van der Waals surface area contributed by atoms with Crippen molar-refractivity contribution in [2.24, 2.45) is 5.92 Å². The number of nitrogens with one attached hydrogen (secondary N) is 1. The molecule has 0 radical (unpaired) electrons. The molecule has 1 heterocycles. The third-order valence-electron chi connectivity index (χ3n) is 4.73. The van der Waals surface area contributed by atoms with E-state index in [1.165, 1.54) is 0 Å². The molecule has 150 valence electrons. The number of carbonyl (C=O) groups is 1. The first-order valence-corrected chi connectivity index (χ1v) is 10.0. The van der Waals surface area contributed by atoms with Crippen LogP contribution < -0.4 is 19.5 Å². The zero-order valence-corrected chi connectivity index (χ0v) is 17.2. The average molecular weight is 404 g/mol. The van der Waals surface area contributed by atoms with E-state index in [9.17, 15) is 4.79 Å². The summed E-state index contributed by atoms with van der Waals surface area (Å²) >= 11 is 6.07. The van der Waals surface area contributed by atoms with Gasteiger partial charge in [0, 0.05) is 5.02 Å². The highest BCUT2D eigenvalue weighted by Crippen LogP contribution is 2.32. The van der Waals surface area contributed by atoms with E-state index in [1.807, 2.05) is 51.1 Å². The molecule has 0 saturated heterocycles. The van der Waals surface area contributed by atoms with E-state index in [0.29, 0.717) is 42.8 Å². The molecule has 28 heavy (non-hydrogen) atoms. The number of amides is 1. The number of rotatable bonds is 7. The van der Waals surface area contributed by atoms with Crippen LogP contribution in [0.15, 0.2) is 36.4 Å². The quantitative estimate of drug-likeness (QED) is 0.735. The molecule has 2 atom stereocenters. The van der Waals surface area contributed by atoms with Crippen LogP contribution in [-0.2, 0) is 11.2 Å². The summed E-state index contributed by atoms with van der Waals surface area (Å²) < 4.78 is 17.0. The first-order chi connectivity index (χ1) is 13.5. The van der Waals surface area contributed by atoms with Crippen LogP contribution in [0.5, 0.6) is 17.2 Å². The lowest BCUT2D eigenvalue weighted by Crippen LogP contribution is -2.38. The van der Waals surface area contributed by atoms with Gasteiger partial charge in [-0.2, -0.15) is 0 Å². The van der Waals surface area contributed by atoms with Crippen LogP contribution in [-0.4, -0.2) is 25.7 Å². The summed E-state index contributed by atoms with van der Waals surface area (Å²) in [5, 5.41) is 3.73. The van der Waals surface area contributed by atoms with Gasteiger partial charge < -0.3 is 19.5 Å². The van der Waals surface area contributed by atoms with Crippen molar-refractivity contribution in [3.8, 4) is 17.2 Å². The third kappa shape index (κ3) is 4.71. The molecular formula is C22H26ClNO4. The summed E-state index contributed by atoms with van der Waals surface area (Å²) in [5.74, 6) is 1.91. The summed E-state index contributed by atoms with van der Waals surface area (Å²) in [6, 6.07) is 11.1. The molecule has 0 bridgehead atoms. The Bertz CT molecular complexity index is 839. The summed E-state index contributed by atoms with van der Waals surface area (Å²) in [4.78, 5) is 12.8. The SMILES string of the molecule is CCOc1ccc(C(C)NC(=O)C2COc3ccc(Cl)cc3C2)cc1OCC. The van der Waals surface area contributed by atoms with Crippen molar-refractivity contribution >= 4 is 17.5 Å². The number of carbonyl (C=O) groups excluding carboxylic acids is 1. The van der Waals surface area contributed by atoms with Crippen LogP contribution in [0.4, 0.5) is 0 Å². The van der Waals surface area contributed by atoms with E-state index in [2.05, 4.69) is 5.32 Å². The lowest BCUT2D eigenvalue weighted by atomic mass is 9.95. The van der Waals surface area contributed by atoms with Gasteiger partial charge in [0.25, 0.3) is 0 Å². The number of hydrogen-bond acceptors (Lipinski definition) is 4. The van der Waals surface area contributed by atoms with Crippen LogP contribution in [0.2, 0.25) is 5.02 Å². The molecule has 0 aliphatic carbocycles. The van der Waals surface area contributed by atoms with Gasteiger partial charge in [-0.25, -0.2) is 0 Å². The van der Waals surface area contributed by atoms with Gasteiger partial charge in [-0.15, -0.1) is 0 Å². The second kappa shape index (κ2) is 9.20. The Balaban J connectivity index is 1.68. The van der Waals surface area contributed by atoms with E-state index >= 15 is 0 Å². The molecule has 3 rings (SSSR count). The molecule has 2 unspecified atom stereocenters. The molecule has 1 N–H and O–H groups in total. The minimum atomic E-state index is -0.248. The maximum atomic E-state index is 12.8. The Morgan fingerprint density at radius 3 is 2.68 bits per heavy atom. The Kier molecular flexibility index (Phi) is 6.68. The van der Waals surface area contributed by atoms with Gasteiger partial charge in [-0.05, 0) is 68.7 Å². The Morgan fingerprint density at radius 2 is 1.93 bits per heavy atom. The van der Waals surface area contributed by atoms with Crippen molar-refractivity contribution in [3.63, 3.8) is 0 Å². The minimum absolute atomic E-state index is 0.0371. The smallest absolute Gasteiger partial charge is 0.227 e. The second-order valence-corrected chi connectivity index (χ2v) is 7.20. The molecule has 1 aliphatic rings. The van der Waals surface area contributed by atoms with Crippen LogP contribution in [0.1, 0.15) is 37.9 Å². The van der Waals surface area contributed by atoms with Crippen LogP contribution in [0.3, 0.4) is 0 Å². The minimum Gasteiger partial charge on any atom is -0.492 e. The molecule has 0 fully saturated rings. The molecule has 0 aromatic heterocycles. The first kappa shape index (κ1) is 20.3. The van der Waals surface area contributed by atoms with E-state index in [0.717, 1.165) is 16.9 Å². The summed E-state index contributed by atoms with van der Waals surface area (Å²) in [7, 11) is 0. The maximum Gasteiger partial charge on any atom is 0.227 e. The van der Waals surface area contributed by atoms with E-state index in [1.54, 1.807) is 6.07 Å². The average Bonchev–Trinajstić information content (AvgIpc) is 2.69. The molecule has 6 heteroatoms. The van der Waals surface area contributed by atoms with Crippen molar-refractivity contribution in [2.45, 2.75) is 33.2 Å². The summed E-state index contributed by atoms with van der Waals surface area (Å²) in [6.45, 7) is 7.30. The Hall–Kier alpha value is -2.40. The van der Waals surface area contributed by atoms with Crippen molar-refractivity contribution in [1.82, 2.24) is 5.32 Å². The Morgan fingerprint density at radius 1 is 1.18 bits per heavy atom. The van der Waals surface area contributed by atoms with Crippen molar-refractivity contribution in [2.75, 3.05) is 19.8 Å². The fourth-order valence-corrected chi connectivity index (χ4v) is 3.48. The highest BCUT2D eigenvalue weighted by Gasteiger charge is 2.27. The van der Waals surface area contributed by atoms with Gasteiger partial charge in [0.2, 0.25) is 5.91 Å². The largest absolute Gasteiger partial charge is 0.492 e. The third-order valence-corrected chi connectivity index (χ3v) is 4.96. The number of fused-ring (bicyclic) bond motifs is 1. The van der Waals surface area contributed by atoms with Crippen molar-refractivity contribution in [1.29, 1.82) is 0 Å². The lowest BCUT2D eigenvalue weighted by molar-refractivity contribution is -0.126. The number of benzene rings is 2. The van der Waals surface area contributed by atoms with E-state index in [-0.39, 0.29) is 17.9 Å². The van der Waals surface area contributed by atoms with E-state index < -0.39 is 0 Å². The molecule has 0 saturated carbocycles. The lowest BCUT2D eigenvalue weighted by Gasteiger charge is -2.26. The Labute approximate surface area is 170 Å². The van der Waals surface area contributed by atoms with Crippen LogP contribution >= 0.6 is 11.6 Å². The predicted molar refractivity (Wildman–Crippen MR) is 109 cm³/mol. The van der Waals surface area contributed by atoms with Gasteiger partial charge >= 0.3 is 0 Å². The molecule has 2 aromatic carbocycles. The monoisotopic (exact) mass is 403 g/mol. The second-order valence-electron chi connectivity index (χ2n) is 6.77. The fourth-order valence-electron chi connectivity index (χ4n) is 3.28. The summed E-state index contributed by atoms with van der Waals surface area (Å²) in [5.41, 5.74) is 1.92. The maximum absolute atomic E-state index is 12.8. The zero-order valence-electron chi connectivity index (χ0n) is 16.5. The number of halogens is 1. The van der Waals surface area contributed by atoms with Crippen LogP contribution in [0.25, 0.3) is 0 Å². The van der Waals surface area contributed by atoms with Gasteiger partial charge in [-0.3, -0.25) is 4.79 Å². The van der Waals surface area contributed by atoms with Gasteiger partial charge in [0.1, 0.15) is 12.4 Å². The van der Waals surface area contributed by atoms with Crippen molar-refractivity contribution < 1.29 is 19.0 Å². The molecule has 2 aromatic rings. The van der Waals surface area contributed by atoms with Crippen molar-refractivity contribution in [3.05, 3.63) is 52.5 Å². The van der Waals surface area contributed by atoms with Gasteiger partial charge in [0.15, 0.2) is 11.5 Å². The molecule has 1 aliphatic heterocycles. The first-order valence-electron chi connectivity index (χ1n) is 9.63. The topological polar surface area (TPSA) is 56.8 Å². The van der Waals surface area contributed by atoms with Gasteiger partial charge in [-0.1, -0.05) is 17.7 Å². The normalized spacial score (nSPS) is 16.5. The molecular weight excluding hydrogens is 378 g/mol. The molecule has 5 nitrogen and oxygen atoms in total. The highest BCUT2D eigenvalue weighted by molar-refractivity contribution is 6.30. The molecule has 0 spiro atoms. The number of hydrogen-bond donors (Lipinski definition) is 1. The fraction of sp³-hybridized carbons (Fsp3) is 0.409. The molecule has 1 amide bonds. The van der Waals surface area contributed by atoms with E-state index in [4.69, 9.17) is 25.8 Å². The number of ether oxygens (including phenoxy) is 3. The predicted octanol–water partition coefficient (Wildman–Crippen LogP) is 4.57. The van der Waals surface area contributed by atoms with Gasteiger partial charge in [0.05, 0.1) is 25.2 Å². The standard InChI is InChI=1S/C22H26ClNO4/c1-4-26-20-8-6-15(12-21(20)27-5-2)14(3)24-22(25)17-10-16-11-18(23)7-9-19(16)28-13-17/h6-9,11-12,14,17H,4-5,10,13H2,1-3H3,(H,24,25).